The zero-order valence-electron chi connectivity index (χ0n) is 10.6. The molecule has 1 fully saturated rings. The Kier molecular flexibility index (Phi) is 5.17. The number of rotatable bonds is 5. The predicted molar refractivity (Wildman–Crippen MR) is 72.4 cm³/mol. The van der Waals surface area contributed by atoms with Crippen LogP contribution >= 0.6 is 15.9 Å². The molecule has 0 amide bonds. The number of hydrogen-bond donors (Lipinski definition) is 2. The van der Waals surface area contributed by atoms with Gasteiger partial charge in [0.15, 0.2) is 0 Å². The Morgan fingerprint density at radius 3 is 3.17 bits per heavy atom. The van der Waals surface area contributed by atoms with Crippen LogP contribution in [0.4, 0.5) is 0 Å². The lowest BCUT2D eigenvalue weighted by molar-refractivity contribution is 0.101. The fraction of sp³-hybridized carbons (Fsp3) is 0.750. The van der Waals surface area contributed by atoms with Gasteiger partial charge in [0.2, 0.25) is 0 Å². The third-order valence-corrected chi connectivity index (χ3v) is 3.96. The summed E-state index contributed by atoms with van der Waals surface area (Å²) in [5.74, 6) is 0. The average molecular weight is 318 g/mol. The molecule has 5 nitrogen and oxygen atoms in total. The van der Waals surface area contributed by atoms with Crippen LogP contribution in [0.2, 0.25) is 0 Å². The van der Waals surface area contributed by atoms with Gasteiger partial charge in [0.1, 0.15) is 6.10 Å². The number of ether oxygens (including phenoxy) is 1. The lowest BCUT2D eigenvalue weighted by atomic mass is 9.98. The summed E-state index contributed by atoms with van der Waals surface area (Å²) in [6.45, 7) is 2.22. The van der Waals surface area contributed by atoms with Crippen molar-refractivity contribution in [3.63, 3.8) is 0 Å². The first-order valence-corrected chi connectivity index (χ1v) is 7.15. The van der Waals surface area contributed by atoms with Crippen LogP contribution in [0.1, 0.15) is 31.1 Å². The van der Waals surface area contributed by atoms with Crippen LogP contribution in [0, 0.1) is 0 Å². The van der Waals surface area contributed by atoms with Gasteiger partial charge in [-0.25, -0.2) is 0 Å². The molecule has 1 aliphatic rings. The van der Waals surface area contributed by atoms with Gasteiger partial charge in [-0.1, -0.05) is 6.42 Å². The molecule has 0 aliphatic carbocycles. The zero-order chi connectivity index (χ0) is 13.0. The van der Waals surface area contributed by atoms with E-state index in [4.69, 9.17) is 4.74 Å². The van der Waals surface area contributed by atoms with Gasteiger partial charge in [0.05, 0.1) is 29.5 Å². The number of nitrogens with one attached hydrogen (secondary N) is 1. The second kappa shape index (κ2) is 6.65. The summed E-state index contributed by atoms with van der Waals surface area (Å²) in [4.78, 5) is 0. The lowest BCUT2D eigenvalue weighted by Crippen LogP contribution is -2.39. The van der Waals surface area contributed by atoms with E-state index in [-0.39, 0.29) is 6.04 Å². The third kappa shape index (κ3) is 3.12. The van der Waals surface area contributed by atoms with Gasteiger partial charge in [0.25, 0.3) is 0 Å². The van der Waals surface area contributed by atoms with Crippen LogP contribution in [0.5, 0.6) is 0 Å². The third-order valence-electron chi connectivity index (χ3n) is 3.35. The van der Waals surface area contributed by atoms with Crippen LogP contribution in [-0.2, 0) is 11.3 Å². The van der Waals surface area contributed by atoms with Crippen LogP contribution in [0.15, 0.2) is 10.7 Å². The molecule has 1 saturated heterocycles. The smallest absolute Gasteiger partial charge is 0.112 e. The highest BCUT2D eigenvalue weighted by molar-refractivity contribution is 9.10. The maximum Gasteiger partial charge on any atom is 0.112 e. The number of aromatic nitrogens is 2. The van der Waals surface area contributed by atoms with Crippen molar-refractivity contribution in [3.05, 3.63) is 16.4 Å². The quantitative estimate of drug-likeness (QED) is 0.863. The van der Waals surface area contributed by atoms with Crippen molar-refractivity contribution >= 4 is 15.9 Å². The summed E-state index contributed by atoms with van der Waals surface area (Å²) in [6, 6.07) is 0.119. The molecule has 1 aromatic heterocycles. The van der Waals surface area contributed by atoms with Crippen LogP contribution in [0.3, 0.4) is 0 Å². The molecular weight excluding hydrogens is 298 g/mol. The van der Waals surface area contributed by atoms with Crippen molar-refractivity contribution in [1.82, 2.24) is 15.1 Å². The lowest BCUT2D eigenvalue weighted by Gasteiger charge is -2.28. The van der Waals surface area contributed by atoms with Crippen molar-refractivity contribution in [1.29, 1.82) is 0 Å². The molecule has 6 heteroatoms. The number of aliphatic hydroxyl groups excluding tert-OH is 1. The molecule has 1 aliphatic heterocycles. The normalized spacial score (nSPS) is 22.1. The van der Waals surface area contributed by atoms with Crippen molar-refractivity contribution in [2.45, 2.75) is 38.0 Å². The summed E-state index contributed by atoms with van der Waals surface area (Å²) < 4.78 is 7.74. The van der Waals surface area contributed by atoms with E-state index in [0.29, 0.717) is 13.2 Å². The maximum atomic E-state index is 10.5. The molecule has 102 valence electrons. The number of aliphatic hydroxyl groups is 1. The van der Waals surface area contributed by atoms with Crippen molar-refractivity contribution in [2.75, 3.05) is 20.3 Å². The van der Waals surface area contributed by atoms with Gasteiger partial charge < -0.3 is 15.2 Å². The highest BCUT2D eigenvalue weighted by Gasteiger charge is 2.27. The first-order chi connectivity index (χ1) is 8.74. The van der Waals surface area contributed by atoms with Crippen LogP contribution in [0.25, 0.3) is 0 Å². The summed E-state index contributed by atoms with van der Waals surface area (Å²) in [5, 5.41) is 18.1. The Hall–Kier alpha value is -0.430. The van der Waals surface area contributed by atoms with E-state index in [0.717, 1.165) is 23.1 Å². The minimum absolute atomic E-state index is 0.119. The van der Waals surface area contributed by atoms with E-state index in [9.17, 15) is 5.11 Å². The Balaban J connectivity index is 2.12. The number of methoxy groups -OCH3 is 1. The molecule has 2 unspecified atom stereocenters. The topological polar surface area (TPSA) is 59.3 Å². The van der Waals surface area contributed by atoms with Gasteiger partial charge in [0, 0.05) is 13.2 Å². The first kappa shape index (κ1) is 14.0. The summed E-state index contributed by atoms with van der Waals surface area (Å²) in [5.41, 5.74) is 0.839. The number of hydrogen-bond acceptors (Lipinski definition) is 4. The molecule has 2 rings (SSSR count). The second-order valence-corrected chi connectivity index (χ2v) is 5.45. The molecule has 0 spiro atoms. The average Bonchev–Trinajstić information content (AvgIpc) is 2.77. The highest BCUT2D eigenvalue weighted by atomic mass is 79.9. The SMILES string of the molecule is COCCn1ncc(Br)c1C(O)C1CCCCN1. The Morgan fingerprint density at radius 1 is 1.67 bits per heavy atom. The Morgan fingerprint density at radius 2 is 2.50 bits per heavy atom. The van der Waals surface area contributed by atoms with E-state index in [1.807, 2.05) is 4.68 Å². The number of halogens is 1. The van der Waals surface area contributed by atoms with E-state index in [2.05, 4.69) is 26.3 Å². The van der Waals surface area contributed by atoms with Crippen molar-refractivity contribution in [3.8, 4) is 0 Å². The predicted octanol–water partition coefficient (Wildman–Crippen LogP) is 1.47. The number of nitrogens with zero attached hydrogens (tertiary/aromatic N) is 2. The van der Waals surface area contributed by atoms with Crippen LogP contribution < -0.4 is 5.32 Å². The fourth-order valence-corrected chi connectivity index (χ4v) is 2.89. The largest absolute Gasteiger partial charge is 0.385 e. The zero-order valence-corrected chi connectivity index (χ0v) is 12.2. The van der Waals surface area contributed by atoms with Crippen molar-refractivity contribution in [2.24, 2.45) is 0 Å². The molecular formula is C12H20BrN3O2. The molecule has 1 aromatic rings. The Labute approximate surface area is 116 Å². The van der Waals surface area contributed by atoms with Gasteiger partial charge in [-0.2, -0.15) is 5.10 Å². The molecule has 2 atom stereocenters. The van der Waals surface area contributed by atoms with Gasteiger partial charge in [-0.3, -0.25) is 4.68 Å². The van der Waals surface area contributed by atoms with Gasteiger partial charge >= 0.3 is 0 Å². The summed E-state index contributed by atoms with van der Waals surface area (Å²) >= 11 is 3.46. The van der Waals surface area contributed by atoms with E-state index in [1.54, 1.807) is 13.3 Å². The summed E-state index contributed by atoms with van der Waals surface area (Å²) in [7, 11) is 1.66. The standard InChI is InChI=1S/C12H20BrN3O2/c1-18-7-6-16-11(9(13)8-15-16)12(17)10-4-2-3-5-14-10/h8,10,12,14,17H,2-7H2,1H3. The van der Waals surface area contributed by atoms with E-state index >= 15 is 0 Å². The monoisotopic (exact) mass is 317 g/mol. The molecule has 2 N–H and O–H groups in total. The Bertz CT molecular complexity index is 377. The van der Waals surface area contributed by atoms with Crippen molar-refractivity contribution < 1.29 is 9.84 Å². The number of piperidine rings is 1. The van der Waals surface area contributed by atoms with E-state index in [1.165, 1.54) is 12.8 Å². The molecule has 0 bridgehead atoms. The van der Waals surface area contributed by atoms with Gasteiger partial charge in [-0.15, -0.1) is 0 Å². The maximum absolute atomic E-state index is 10.5. The van der Waals surface area contributed by atoms with Gasteiger partial charge in [-0.05, 0) is 35.3 Å². The molecule has 0 saturated carbocycles. The summed E-state index contributed by atoms with van der Waals surface area (Å²) in [6.07, 6.45) is 4.56. The highest BCUT2D eigenvalue weighted by Crippen LogP contribution is 2.28. The van der Waals surface area contributed by atoms with E-state index < -0.39 is 6.10 Å². The minimum atomic E-state index is -0.529. The molecule has 18 heavy (non-hydrogen) atoms. The first-order valence-electron chi connectivity index (χ1n) is 6.35. The minimum Gasteiger partial charge on any atom is -0.385 e. The molecule has 2 heterocycles. The molecule has 0 aromatic carbocycles. The molecule has 0 radical (unpaired) electrons. The second-order valence-electron chi connectivity index (χ2n) is 4.59. The fourth-order valence-electron chi connectivity index (χ4n) is 2.36. The van der Waals surface area contributed by atoms with Crippen LogP contribution in [-0.4, -0.2) is 41.2 Å².